The van der Waals surface area contributed by atoms with Crippen molar-refractivity contribution in [3.63, 3.8) is 0 Å². The topological polar surface area (TPSA) is 101 Å². The highest BCUT2D eigenvalue weighted by Crippen LogP contribution is 2.34. The van der Waals surface area contributed by atoms with E-state index in [9.17, 15) is 14.7 Å². The number of pyridine rings is 1. The molecule has 2 aliphatic rings. The van der Waals surface area contributed by atoms with Gasteiger partial charge in [0.1, 0.15) is 11.9 Å². The van der Waals surface area contributed by atoms with Gasteiger partial charge < -0.3 is 20.5 Å². The smallest absolute Gasteiger partial charge is 0.326 e. The van der Waals surface area contributed by atoms with Gasteiger partial charge in [0.2, 0.25) is 5.91 Å². The van der Waals surface area contributed by atoms with E-state index in [-0.39, 0.29) is 34.8 Å². The number of rotatable bonds is 12. The number of carboxylic acid groups (broad SMARTS) is 1. The standard InChI is InChI=1S/C26H33Cl2N3O4/c1-3-5-21(27)23(28)16(2)25(32)31-22(26(33)34)11-13-35-20-14-17(15-20)7-9-19-10-8-18-6-4-12-29-24(18)30-19/h3,5,8,10,17,20,22H,1,4,6-7,9,11-15H2,2H3,(H,29,30)(H,31,32)(H,33,34)/b21-5+,23-16-. The molecule has 3 rings (SSSR count). The minimum absolute atomic E-state index is 0.0480. The van der Waals surface area contributed by atoms with E-state index in [0.717, 1.165) is 56.6 Å². The SMILES string of the molecule is C=C/C=C(Cl)\C(Cl)=C(/C)C(=O)NC(CCOC1CC(CCc2ccc3c(n2)NCCC3)C1)C(=O)O. The number of hydrogen-bond donors (Lipinski definition) is 3. The van der Waals surface area contributed by atoms with Gasteiger partial charge in [0.15, 0.2) is 0 Å². The van der Waals surface area contributed by atoms with Gasteiger partial charge in [-0.2, -0.15) is 0 Å². The van der Waals surface area contributed by atoms with Gasteiger partial charge in [0.25, 0.3) is 0 Å². The van der Waals surface area contributed by atoms with Gasteiger partial charge in [-0.15, -0.1) is 0 Å². The van der Waals surface area contributed by atoms with Gasteiger partial charge >= 0.3 is 5.97 Å². The van der Waals surface area contributed by atoms with Crippen molar-refractivity contribution in [1.29, 1.82) is 0 Å². The van der Waals surface area contributed by atoms with E-state index in [2.05, 4.69) is 29.3 Å². The number of carboxylic acids is 1. The predicted molar refractivity (Wildman–Crippen MR) is 139 cm³/mol. The minimum atomic E-state index is -1.13. The highest BCUT2D eigenvalue weighted by atomic mass is 35.5. The third-order valence-electron chi connectivity index (χ3n) is 6.46. The molecule has 2 heterocycles. The van der Waals surface area contributed by atoms with Gasteiger partial charge in [-0.05, 0) is 69.1 Å². The van der Waals surface area contributed by atoms with Crippen LogP contribution in [-0.2, 0) is 27.2 Å². The van der Waals surface area contributed by atoms with Gasteiger partial charge in [0.05, 0.1) is 16.2 Å². The van der Waals surface area contributed by atoms with Crippen molar-refractivity contribution in [3.8, 4) is 0 Å². The molecule has 1 aliphatic heterocycles. The first-order chi connectivity index (χ1) is 16.8. The minimum Gasteiger partial charge on any atom is -0.480 e. The van der Waals surface area contributed by atoms with Crippen LogP contribution < -0.4 is 10.6 Å². The number of aromatic nitrogens is 1. The van der Waals surface area contributed by atoms with Crippen LogP contribution in [0.3, 0.4) is 0 Å². The van der Waals surface area contributed by atoms with E-state index in [1.54, 1.807) is 0 Å². The molecule has 0 saturated heterocycles. The molecule has 0 bridgehead atoms. The Morgan fingerprint density at radius 3 is 2.86 bits per heavy atom. The predicted octanol–water partition coefficient (Wildman–Crippen LogP) is 4.95. The van der Waals surface area contributed by atoms with Crippen molar-refractivity contribution < 1.29 is 19.4 Å². The molecular weight excluding hydrogens is 489 g/mol. The average Bonchev–Trinajstić information content (AvgIpc) is 2.82. The van der Waals surface area contributed by atoms with Crippen LogP contribution in [0.1, 0.15) is 50.3 Å². The number of allylic oxidation sites excluding steroid dienone is 4. The van der Waals surface area contributed by atoms with Crippen molar-refractivity contribution >= 4 is 40.9 Å². The number of anilines is 1. The van der Waals surface area contributed by atoms with Crippen LogP contribution in [0.15, 0.2) is 46.5 Å². The molecule has 1 atom stereocenters. The summed E-state index contributed by atoms with van der Waals surface area (Å²) in [5.74, 6) is -0.0955. The number of aliphatic carboxylic acids is 1. The molecule has 1 saturated carbocycles. The van der Waals surface area contributed by atoms with Crippen LogP contribution in [0.5, 0.6) is 0 Å². The van der Waals surface area contributed by atoms with E-state index >= 15 is 0 Å². The molecule has 1 unspecified atom stereocenters. The lowest BCUT2D eigenvalue weighted by atomic mass is 9.79. The van der Waals surface area contributed by atoms with E-state index in [4.69, 9.17) is 32.9 Å². The van der Waals surface area contributed by atoms with E-state index in [1.807, 2.05) is 0 Å². The quantitative estimate of drug-likeness (QED) is 0.265. The number of carbonyl (C=O) groups is 2. The van der Waals surface area contributed by atoms with Crippen LogP contribution in [0.4, 0.5) is 5.82 Å². The summed E-state index contributed by atoms with van der Waals surface area (Å²) in [6, 6.07) is 3.24. The van der Waals surface area contributed by atoms with Gasteiger partial charge in [-0.3, -0.25) is 4.79 Å². The number of amides is 1. The molecule has 0 spiro atoms. The second-order valence-corrected chi connectivity index (χ2v) is 9.84. The highest BCUT2D eigenvalue weighted by molar-refractivity contribution is 6.45. The Morgan fingerprint density at radius 1 is 1.37 bits per heavy atom. The molecule has 1 amide bonds. The maximum Gasteiger partial charge on any atom is 0.326 e. The first-order valence-electron chi connectivity index (χ1n) is 12.0. The molecule has 1 aliphatic carbocycles. The lowest BCUT2D eigenvalue weighted by Gasteiger charge is -2.35. The summed E-state index contributed by atoms with van der Waals surface area (Å²) in [7, 11) is 0. The van der Waals surface area contributed by atoms with Crippen LogP contribution in [0.2, 0.25) is 0 Å². The molecule has 9 heteroatoms. The van der Waals surface area contributed by atoms with Crippen molar-refractivity contribution in [3.05, 3.63) is 57.8 Å². The first kappa shape index (κ1) is 27.2. The zero-order chi connectivity index (χ0) is 25.4. The zero-order valence-electron chi connectivity index (χ0n) is 20.0. The fourth-order valence-electron chi connectivity index (χ4n) is 4.24. The second kappa shape index (κ2) is 13.1. The Labute approximate surface area is 216 Å². The monoisotopic (exact) mass is 521 g/mol. The van der Waals surface area contributed by atoms with Crippen molar-refractivity contribution in [2.45, 2.75) is 64.0 Å². The number of aryl methyl sites for hydroxylation is 2. The summed E-state index contributed by atoms with van der Waals surface area (Å²) in [6.45, 7) is 6.24. The maximum absolute atomic E-state index is 12.4. The van der Waals surface area contributed by atoms with Crippen molar-refractivity contribution in [2.24, 2.45) is 5.92 Å². The number of halogens is 2. The summed E-state index contributed by atoms with van der Waals surface area (Å²) in [5.41, 5.74) is 2.55. The molecule has 7 nitrogen and oxygen atoms in total. The Kier molecular flexibility index (Phi) is 10.2. The number of carbonyl (C=O) groups excluding carboxylic acids is 1. The molecule has 35 heavy (non-hydrogen) atoms. The average molecular weight is 522 g/mol. The molecule has 0 radical (unpaired) electrons. The van der Waals surface area contributed by atoms with Crippen LogP contribution in [0.25, 0.3) is 0 Å². The molecule has 190 valence electrons. The summed E-state index contributed by atoms with van der Waals surface area (Å²) in [6.07, 6.45) is 9.36. The number of ether oxygens (including phenoxy) is 1. The molecule has 3 N–H and O–H groups in total. The Bertz CT molecular complexity index is 1000. The summed E-state index contributed by atoms with van der Waals surface area (Å²) >= 11 is 12.1. The van der Waals surface area contributed by atoms with Crippen LogP contribution >= 0.6 is 23.2 Å². The Morgan fingerprint density at radius 2 is 2.14 bits per heavy atom. The number of hydrogen-bond acceptors (Lipinski definition) is 5. The molecule has 1 aromatic rings. The van der Waals surface area contributed by atoms with Gasteiger partial charge in [0, 0.05) is 30.8 Å². The Balaban J connectivity index is 1.37. The Hall–Kier alpha value is -2.35. The van der Waals surface area contributed by atoms with E-state index in [1.165, 1.54) is 24.6 Å². The van der Waals surface area contributed by atoms with E-state index < -0.39 is 17.9 Å². The third kappa shape index (κ3) is 7.82. The maximum atomic E-state index is 12.4. The number of fused-ring (bicyclic) bond motifs is 1. The van der Waals surface area contributed by atoms with Crippen molar-refractivity contribution in [2.75, 3.05) is 18.5 Å². The normalized spacial score (nSPS) is 21.1. The highest BCUT2D eigenvalue weighted by Gasteiger charge is 2.30. The molecule has 0 aromatic carbocycles. The molecule has 1 aromatic heterocycles. The van der Waals surface area contributed by atoms with Gasteiger partial charge in [-0.25, -0.2) is 9.78 Å². The number of nitrogens with one attached hydrogen (secondary N) is 2. The van der Waals surface area contributed by atoms with Crippen LogP contribution in [-0.4, -0.2) is 47.3 Å². The molecule has 1 fully saturated rings. The van der Waals surface area contributed by atoms with Gasteiger partial charge in [-0.1, -0.05) is 41.9 Å². The summed E-state index contributed by atoms with van der Waals surface area (Å²) in [5, 5.41) is 15.6. The fourth-order valence-corrected chi connectivity index (χ4v) is 4.62. The summed E-state index contributed by atoms with van der Waals surface area (Å²) < 4.78 is 5.86. The lowest BCUT2D eigenvalue weighted by molar-refractivity contribution is -0.142. The summed E-state index contributed by atoms with van der Waals surface area (Å²) in [4.78, 5) is 28.8. The van der Waals surface area contributed by atoms with Crippen molar-refractivity contribution in [1.82, 2.24) is 10.3 Å². The zero-order valence-corrected chi connectivity index (χ0v) is 21.5. The number of nitrogens with zero attached hydrogens (tertiary/aromatic N) is 1. The second-order valence-electron chi connectivity index (χ2n) is 9.05. The third-order valence-corrected chi connectivity index (χ3v) is 7.36. The van der Waals surface area contributed by atoms with E-state index in [0.29, 0.717) is 5.92 Å². The lowest BCUT2D eigenvalue weighted by Crippen LogP contribution is -2.42. The largest absolute Gasteiger partial charge is 0.480 e. The first-order valence-corrected chi connectivity index (χ1v) is 12.8. The molecular formula is C26H33Cl2N3O4. The fraction of sp³-hybridized carbons (Fsp3) is 0.500. The van der Waals surface area contributed by atoms with Crippen LogP contribution in [0, 0.1) is 5.92 Å².